The van der Waals surface area contributed by atoms with E-state index in [1.807, 2.05) is 0 Å². The van der Waals surface area contributed by atoms with E-state index in [1.165, 1.54) is 6.92 Å². The van der Waals surface area contributed by atoms with Crippen LogP contribution in [0.1, 0.15) is 13.8 Å². The minimum absolute atomic E-state index is 0.325. The van der Waals surface area contributed by atoms with Crippen molar-refractivity contribution in [3.05, 3.63) is 30.3 Å². The van der Waals surface area contributed by atoms with Gasteiger partial charge in [0, 0.05) is 12.2 Å². The van der Waals surface area contributed by atoms with Gasteiger partial charge in [0.25, 0.3) is 0 Å². The highest BCUT2D eigenvalue weighted by Crippen LogP contribution is 2.13. The van der Waals surface area contributed by atoms with Crippen LogP contribution in [0.5, 0.6) is 0 Å². The number of carboxylic acids is 1. The Kier molecular flexibility index (Phi) is 6.19. The number of urea groups is 1. The molecule has 0 radical (unpaired) electrons. The van der Waals surface area contributed by atoms with Crippen molar-refractivity contribution >= 4 is 23.6 Å². The number of rotatable bonds is 6. The van der Waals surface area contributed by atoms with Gasteiger partial charge < -0.3 is 15.7 Å². The molecule has 7 heteroatoms. The fourth-order valence-electron chi connectivity index (χ4n) is 1.68. The monoisotopic (exact) mass is 293 g/mol. The Morgan fingerprint density at radius 3 is 2.38 bits per heavy atom. The molecule has 0 aliphatic carbocycles. The molecule has 3 amide bonds. The first-order valence-electron chi connectivity index (χ1n) is 6.58. The molecule has 1 atom stereocenters. The van der Waals surface area contributed by atoms with E-state index in [4.69, 9.17) is 5.11 Å². The molecule has 114 valence electrons. The number of hydrogen-bond donors (Lipinski definition) is 3. The molecular weight excluding hydrogens is 274 g/mol. The Bertz CT molecular complexity index is 504. The van der Waals surface area contributed by atoms with Crippen LogP contribution in [0.15, 0.2) is 30.3 Å². The maximum absolute atomic E-state index is 12.2. The fraction of sp³-hybridized carbons (Fsp3) is 0.357. The van der Waals surface area contributed by atoms with E-state index in [0.717, 1.165) is 4.90 Å². The number of nitrogens with one attached hydrogen (secondary N) is 2. The number of carbonyl (C=O) groups is 3. The van der Waals surface area contributed by atoms with Crippen LogP contribution in [0.3, 0.4) is 0 Å². The summed E-state index contributed by atoms with van der Waals surface area (Å²) in [5.41, 5.74) is 0.445. The number of para-hydroxylation sites is 1. The molecule has 0 aromatic heterocycles. The molecule has 1 unspecified atom stereocenters. The molecule has 3 N–H and O–H groups in total. The second-order valence-corrected chi connectivity index (χ2v) is 4.38. The molecule has 21 heavy (non-hydrogen) atoms. The molecule has 0 bridgehead atoms. The average Bonchev–Trinajstić information content (AvgIpc) is 2.45. The van der Waals surface area contributed by atoms with Crippen molar-refractivity contribution in [2.45, 2.75) is 19.9 Å². The predicted octanol–water partition coefficient (Wildman–Crippen LogP) is 0.812. The molecule has 0 saturated heterocycles. The quantitative estimate of drug-likeness (QED) is 0.723. The zero-order chi connectivity index (χ0) is 15.8. The average molecular weight is 293 g/mol. The van der Waals surface area contributed by atoms with Crippen molar-refractivity contribution in [1.29, 1.82) is 0 Å². The second-order valence-electron chi connectivity index (χ2n) is 4.38. The molecule has 0 fully saturated rings. The third-order valence-electron chi connectivity index (χ3n) is 2.69. The van der Waals surface area contributed by atoms with Crippen LogP contribution in [0.25, 0.3) is 0 Å². The van der Waals surface area contributed by atoms with Gasteiger partial charge in [0.15, 0.2) is 0 Å². The first kappa shape index (κ1) is 16.5. The molecule has 0 saturated carbocycles. The van der Waals surface area contributed by atoms with Gasteiger partial charge in [-0.05, 0) is 26.0 Å². The summed E-state index contributed by atoms with van der Waals surface area (Å²) in [6.45, 7) is 3.27. The lowest BCUT2D eigenvalue weighted by Crippen LogP contribution is -2.51. The Labute approximate surface area is 122 Å². The number of carboxylic acid groups (broad SMARTS) is 1. The van der Waals surface area contributed by atoms with E-state index in [-0.39, 0.29) is 5.91 Å². The molecular formula is C14H19N3O4. The standard InChI is InChI=1S/C14H19N3O4/c1-3-15-13(20)10(2)16-14(21)17(9-12(18)19)11-7-5-4-6-8-11/h4-8,10H,3,9H2,1-2H3,(H,15,20)(H,16,21)(H,18,19). The van der Waals surface area contributed by atoms with Gasteiger partial charge in [-0.3, -0.25) is 14.5 Å². The van der Waals surface area contributed by atoms with Crippen LogP contribution in [-0.4, -0.2) is 42.1 Å². The van der Waals surface area contributed by atoms with Gasteiger partial charge in [-0.2, -0.15) is 0 Å². The predicted molar refractivity (Wildman–Crippen MR) is 78.1 cm³/mol. The maximum atomic E-state index is 12.2. The van der Waals surface area contributed by atoms with Gasteiger partial charge in [0.1, 0.15) is 12.6 Å². The second kappa shape index (κ2) is 7.88. The number of aliphatic carboxylic acids is 1. The van der Waals surface area contributed by atoms with E-state index in [2.05, 4.69) is 10.6 Å². The molecule has 1 aromatic carbocycles. The fourth-order valence-corrected chi connectivity index (χ4v) is 1.68. The maximum Gasteiger partial charge on any atom is 0.323 e. The minimum atomic E-state index is -1.14. The van der Waals surface area contributed by atoms with Crippen LogP contribution in [0.2, 0.25) is 0 Å². The van der Waals surface area contributed by atoms with Crippen LogP contribution in [-0.2, 0) is 9.59 Å². The van der Waals surface area contributed by atoms with Crippen LogP contribution >= 0.6 is 0 Å². The number of anilines is 1. The van der Waals surface area contributed by atoms with E-state index < -0.39 is 24.6 Å². The van der Waals surface area contributed by atoms with Gasteiger partial charge in [0.05, 0.1) is 0 Å². The highest BCUT2D eigenvalue weighted by atomic mass is 16.4. The SMILES string of the molecule is CCNC(=O)C(C)NC(=O)N(CC(=O)O)c1ccccc1. The highest BCUT2D eigenvalue weighted by molar-refractivity contribution is 5.98. The van der Waals surface area contributed by atoms with Crippen molar-refractivity contribution in [3.63, 3.8) is 0 Å². The Morgan fingerprint density at radius 2 is 1.86 bits per heavy atom. The van der Waals surface area contributed by atoms with Crippen LogP contribution in [0, 0.1) is 0 Å². The lowest BCUT2D eigenvalue weighted by Gasteiger charge is -2.23. The number of hydrogen-bond acceptors (Lipinski definition) is 3. The Hall–Kier alpha value is -2.57. The van der Waals surface area contributed by atoms with Crippen molar-refractivity contribution in [2.24, 2.45) is 0 Å². The number of likely N-dealkylation sites (N-methyl/N-ethyl adjacent to an activating group) is 1. The van der Waals surface area contributed by atoms with E-state index in [1.54, 1.807) is 37.3 Å². The first-order valence-corrected chi connectivity index (χ1v) is 6.58. The first-order chi connectivity index (χ1) is 9.95. The largest absolute Gasteiger partial charge is 0.480 e. The summed E-state index contributed by atoms with van der Waals surface area (Å²) in [6, 6.07) is 7.02. The lowest BCUT2D eigenvalue weighted by molar-refractivity contribution is -0.135. The van der Waals surface area contributed by atoms with Gasteiger partial charge in [-0.15, -0.1) is 0 Å². The topological polar surface area (TPSA) is 98.7 Å². The summed E-state index contributed by atoms with van der Waals surface area (Å²) in [7, 11) is 0. The summed E-state index contributed by atoms with van der Waals surface area (Å²) in [6.07, 6.45) is 0. The zero-order valence-corrected chi connectivity index (χ0v) is 12.0. The van der Waals surface area contributed by atoms with Crippen molar-refractivity contribution in [2.75, 3.05) is 18.0 Å². The zero-order valence-electron chi connectivity index (χ0n) is 12.0. The molecule has 0 spiro atoms. The van der Waals surface area contributed by atoms with Crippen LogP contribution < -0.4 is 15.5 Å². The van der Waals surface area contributed by atoms with Gasteiger partial charge in [-0.1, -0.05) is 18.2 Å². The number of carbonyl (C=O) groups excluding carboxylic acids is 2. The summed E-state index contributed by atoms with van der Waals surface area (Å²) in [4.78, 5) is 35.7. The molecule has 1 rings (SSSR count). The van der Waals surface area contributed by atoms with Crippen molar-refractivity contribution < 1.29 is 19.5 Å². The van der Waals surface area contributed by atoms with Gasteiger partial charge in [0.2, 0.25) is 5.91 Å². The van der Waals surface area contributed by atoms with Crippen LogP contribution in [0.4, 0.5) is 10.5 Å². The summed E-state index contributed by atoms with van der Waals surface area (Å²) in [5, 5.41) is 14.0. The normalized spacial score (nSPS) is 11.3. The molecule has 0 heterocycles. The number of nitrogens with zero attached hydrogens (tertiary/aromatic N) is 1. The molecule has 7 nitrogen and oxygen atoms in total. The van der Waals surface area contributed by atoms with Crippen molar-refractivity contribution in [3.8, 4) is 0 Å². The Balaban J connectivity index is 2.82. The lowest BCUT2D eigenvalue weighted by atomic mass is 10.3. The summed E-state index contributed by atoms with van der Waals surface area (Å²) in [5.74, 6) is -1.46. The summed E-state index contributed by atoms with van der Waals surface area (Å²) < 4.78 is 0. The smallest absolute Gasteiger partial charge is 0.323 e. The van der Waals surface area contributed by atoms with Gasteiger partial charge >= 0.3 is 12.0 Å². The molecule has 0 aliphatic rings. The molecule has 0 aliphatic heterocycles. The van der Waals surface area contributed by atoms with E-state index in [9.17, 15) is 14.4 Å². The Morgan fingerprint density at radius 1 is 1.24 bits per heavy atom. The summed E-state index contributed by atoms with van der Waals surface area (Å²) >= 11 is 0. The van der Waals surface area contributed by atoms with Crippen molar-refractivity contribution in [1.82, 2.24) is 10.6 Å². The third-order valence-corrected chi connectivity index (χ3v) is 2.69. The number of benzene rings is 1. The third kappa shape index (κ3) is 5.13. The minimum Gasteiger partial charge on any atom is -0.480 e. The highest BCUT2D eigenvalue weighted by Gasteiger charge is 2.22. The number of amides is 3. The van der Waals surface area contributed by atoms with E-state index >= 15 is 0 Å². The molecule has 1 aromatic rings. The van der Waals surface area contributed by atoms with E-state index in [0.29, 0.717) is 12.2 Å². The van der Waals surface area contributed by atoms with Gasteiger partial charge in [-0.25, -0.2) is 4.79 Å².